The largest absolute Gasteiger partial charge is 0.489 e. The SMILES string of the molecule is COC1=C(OC)C(=O)C(CCCCCCCCCCO)=C(C)C1=O.O=P(O)(O)O. The minimum Gasteiger partial charge on any atom is -0.489 e. The summed E-state index contributed by atoms with van der Waals surface area (Å²) in [6.07, 6.45) is 9.17. The molecule has 0 aromatic heterocycles. The summed E-state index contributed by atoms with van der Waals surface area (Å²) in [5, 5.41) is 8.72. The normalized spacial score (nSPS) is 14.7. The maximum Gasteiger partial charge on any atom is 0.466 e. The number of Topliss-reactive ketones (excluding diaryl/α,β-unsaturated/α-hetero) is 2. The highest BCUT2D eigenvalue weighted by molar-refractivity contribution is 7.45. The average Bonchev–Trinajstić information content (AvgIpc) is 2.64. The summed E-state index contributed by atoms with van der Waals surface area (Å²) in [6, 6.07) is 0. The predicted octanol–water partition coefficient (Wildman–Crippen LogP) is 2.53. The van der Waals surface area contributed by atoms with Crippen molar-refractivity contribution in [2.24, 2.45) is 0 Å². The Bertz CT molecular complexity index is 638. The fourth-order valence-electron chi connectivity index (χ4n) is 2.97. The van der Waals surface area contributed by atoms with Gasteiger partial charge in [-0.1, -0.05) is 38.5 Å². The Morgan fingerprint density at radius 1 is 0.759 bits per heavy atom. The van der Waals surface area contributed by atoms with E-state index in [1.54, 1.807) is 6.92 Å². The number of hydrogen-bond acceptors (Lipinski definition) is 6. The first kappa shape index (κ1) is 27.5. The van der Waals surface area contributed by atoms with Crippen LogP contribution in [0, 0.1) is 0 Å². The third kappa shape index (κ3) is 11.3. The van der Waals surface area contributed by atoms with Gasteiger partial charge in [-0.3, -0.25) is 9.59 Å². The number of rotatable bonds is 12. The number of carbonyl (C=O) groups is 2. The number of ether oxygens (including phenoxy) is 2. The topological polar surface area (TPSA) is 151 Å². The van der Waals surface area contributed by atoms with Gasteiger partial charge in [-0.2, -0.15) is 0 Å². The highest BCUT2D eigenvalue weighted by atomic mass is 31.2. The van der Waals surface area contributed by atoms with E-state index in [-0.39, 0.29) is 29.7 Å². The van der Waals surface area contributed by atoms with Gasteiger partial charge < -0.3 is 29.3 Å². The highest BCUT2D eigenvalue weighted by Gasteiger charge is 2.34. The molecule has 0 unspecified atom stereocenters. The van der Waals surface area contributed by atoms with Gasteiger partial charge in [0.15, 0.2) is 0 Å². The van der Waals surface area contributed by atoms with Crippen LogP contribution in [-0.4, -0.2) is 52.2 Å². The second-order valence-electron chi connectivity index (χ2n) is 6.64. The Morgan fingerprint density at radius 3 is 1.55 bits per heavy atom. The summed E-state index contributed by atoms with van der Waals surface area (Å²) in [7, 11) is -1.88. The molecular formula is C19H33O9P. The molecule has 0 fully saturated rings. The molecule has 0 saturated heterocycles. The van der Waals surface area contributed by atoms with Crippen molar-refractivity contribution in [1.82, 2.24) is 0 Å². The summed E-state index contributed by atoms with van der Waals surface area (Å²) in [6.45, 7) is 1.96. The molecule has 0 aromatic carbocycles. The molecular weight excluding hydrogens is 403 g/mol. The quantitative estimate of drug-likeness (QED) is 0.205. The van der Waals surface area contributed by atoms with E-state index in [1.807, 2.05) is 0 Å². The predicted molar refractivity (Wildman–Crippen MR) is 107 cm³/mol. The Hall–Kier alpha value is -1.51. The van der Waals surface area contributed by atoms with Crippen LogP contribution in [0.3, 0.4) is 0 Å². The molecule has 0 aromatic rings. The maximum atomic E-state index is 12.5. The number of aliphatic hydroxyl groups is 1. The van der Waals surface area contributed by atoms with Crippen LogP contribution in [0.5, 0.6) is 0 Å². The number of unbranched alkanes of at least 4 members (excludes halogenated alkanes) is 7. The maximum absolute atomic E-state index is 12.5. The third-order valence-corrected chi connectivity index (χ3v) is 4.43. The van der Waals surface area contributed by atoms with E-state index < -0.39 is 7.82 Å². The summed E-state index contributed by atoms with van der Waals surface area (Å²) in [5.74, 6) is -0.457. The van der Waals surface area contributed by atoms with E-state index in [1.165, 1.54) is 33.5 Å². The smallest absolute Gasteiger partial charge is 0.466 e. The minimum atomic E-state index is -4.64. The van der Waals surface area contributed by atoms with Crippen molar-refractivity contribution in [3.63, 3.8) is 0 Å². The zero-order chi connectivity index (χ0) is 22.4. The van der Waals surface area contributed by atoms with Gasteiger partial charge in [0.25, 0.3) is 0 Å². The number of hydrogen-bond donors (Lipinski definition) is 4. The number of allylic oxidation sites excluding steroid dienone is 2. The molecule has 1 aliphatic carbocycles. The van der Waals surface area contributed by atoms with E-state index >= 15 is 0 Å². The molecule has 10 heteroatoms. The molecule has 168 valence electrons. The molecule has 1 rings (SSSR count). The van der Waals surface area contributed by atoms with Gasteiger partial charge in [-0.25, -0.2) is 4.57 Å². The monoisotopic (exact) mass is 436 g/mol. The molecule has 0 amide bonds. The molecule has 4 N–H and O–H groups in total. The molecule has 0 aliphatic heterocycles. The first-order valence-corrected chi connectivity index (χ1v) is 11.2. The molecule has 0 heterocycles. The van der Waals surface area contributed by atoms with Crippen molar-refractivity contribution in [3.05, 3.63) is 22.7 Å². The zero-order valence-corrected chi connectivity index (χ0v) is 18.2. The van der Waals surface area contributed by atoms with Crippen LogP contribution in [0.15, 0.2) is 22.7 Å². The summed E-state index contributed by atoms with van der Waals surface area (Å²) in [4.78, 5) is 46.3. The molecule has 0 bridgehead atoms. The molecule has 0 spiro atoms. The van der Waals surface area contributed by atoms with Crippen molar-refractivity contribution >= 4 is 19.4 Å². The van der Waals surface area contributed by atoms with E-state index in [0.717, 1.165) is 32.1 Å². The Morgan fingerprint density at radius 2 is 1.14 bits per heavy atom. The van der Waals surface area contributed by atoms with E-state index in [2.05, 4.69) is 0 Å². The van der Waals surface area contributed by atoms with Crippen LogP contribution < -0.4 is 0 Å². The molecule has 0 atom stereocenters. The summed E-state index contributed by atoms with van der Waals surface area (Å²) in [5.41, 5.74) is 1.03. The van der Waals surface area contributed by atoms with Crippen LogP contribution in [0.4, 0.5) is 0 Å². The lowest BCUT2D eigenvalue weighted by molar-refractivity contribution is -0.121. The first-order valence-electron chi connectivity index (χ1n) is 9.59. The molecule has 9 nitrogen and oxygen atoms in total. The van der Waals surface area contributed by atoms with Crippen molar-refractivity contribution in [2.75, 3.05) is 20.8 Å². The first-order chi connectivity index (χ1) is 13.6. The fourth-order valence-corrected chi connectivity index (χ4v) is 2.97. The number of phosphoric acid groups is 1. The molecule has 0 radical (unpaired) electrons. The zero-order valence-electron chi connectivity index (χ0n) is 17.3. The van der Waals surface area contributed by atoms with Gasteiger partial charge in [0.1, 0.15) is 0 Å². The van der Waals surface area contributed by atoms with Gasteiger partial charge >= 0.3 is 7.82 Å². The Kier molecular flexibility index (Phi) is 13.7. The average molecular weight is 436 g/mol. The second-order valence-corrected chi connectivity index (χ2v) is 7.67. The fraction of sp³-hybridized carbons (Fsp3) is 0.684. The van der Waals surface area contributed by atoms with Gasteiger partial charge in [-0.15, -0.1) is 0 Å². The van der Waals surface area contributed by atoms with Crippen molar-refractivity contribution in [2.45, 2.75) is 64.7 Å². The summed E-state index contributed by atoms with van der Waals surface area (Å²) < 4.78 is 19.0. The molecule has 29 heavy (non-hydrogen) atoms. The second kappa shape index (κ2) is 14.5. The number of ketones is 2. The van der Waals surface area contributed by atoms with Gasteiger partial charge in [0.2, 0.25) is 23.1 Å². The highest BCUT2D eigenvalue weighted by Crippen LogP contribution is 2.29. The van der Waals surface area contributed by atoms with E-state index in [9.17, 15) is 9.59 Å². The van der Waals surface area contributed by atoms with Crippen molar-refractivity contribution in [3.8, 4) is 0 Å². The van der Waals surface area contributed by atoms with Crippen LogP contribution in [-0.2, 0) is 23.6 Å². The van der Waals surface area contributed by atoms with E-state index in [4.69, 9.17) is 33.8 Å². The standard InChI is InChI=1S/C19H30O5.H3O4P/c1-14-15(12-10-8-6-4-5-7-9-11-13-20)17(22)19(24-3)18(23-2)16(14)21;1-5(2,3)4/h20H,4-13H2,1-3H3;(H3,1,2,3,4). The van der Waals surface area contributed by atoms with E-state index in [0.29, 0.717) is 17.6 Å². The lowest BCUT2D eigenvalue weighted by Crippen LogP contribution is -2.25. The Balaban J connectivity index is 0.00000139. The lowest BCUT2D eigenvalue weighted by Gasteiger charge is -2.20. The van der Waals surface area contributed by atoms with Crippen LogP contribution in [0.25, 0.3) is 0 Å². The molecule has 1 aliphatic rings. The Labute approximate surface area is 171 Å². The number of methoxy groups -OCH3 is 2. The van der Waals surface area contributed by atoms with Gasteiger partial charge in [0.05, 0.1) is 14.2 Å². The van der Waals surface area contributed by atoms with Crippen LogP contribution >= 0.6 is 7.82 Å². The van der Waals surface area contributed by atoms with Gasteiger partial charge in [-0.05, 0) is 26.2 Å². The summed E-state index contributed by atoms with van der Waals surface area (Å²) >= 11 is 0. The van der Waals surface area contributed by atoms with Crippen molar-refractivity contribution < 1.29 is 43.4 Å². The number of carbonyl (C=O) groups excluding carboxylic acids is 2. The third-order valence-electron chi connectivity index (χ3n) is 4.43. The molecule has 0 saturated carbocycles. The lowest BCUT2D eigenvalue weighted by atomic mass is 9.89. The van der Waals surface area contributed by atoms with Gasteiger partial charge in [0, 0.05) is 17.8 Å². The van der Waals surface area contributed by atoms with Crippen molar-refractivity contribution in [1.29, 1.82) is 0 Å². The minimum absolute atomic E-state index is 0.00614. The van der Waals surface area contributed by atoms with Crippen LogP contribution in [0.1, 0.15) is 64.7 Å². The number of aliphatic hydroxyl groups excluding tert-OH is 1. The van der Waals surface area contributed by atoms with Crippen LogP contribution in [0.2, 0.25) is 0 Å².